The van der Waals surface area contributed by atoms with Crippen LogP contribution in [0.4, 0.5) is 9.18 Å². The number of rotatable bonds is 7. The zero-order chi connectivity index (χ0) is 22.1. The van der Waals surface area contributed by atoms with E-state index >= 15 is 0 Å². The van der Waals surface area contributed by atoms with Crippen LogP contribution >= 0.6 is 0 Å². The maximum Gasteiger partial charge on any atom is 0.407 e. The smallest absolute Gasteiger partial charge is 0.407 e. The van der Waals surface area contributed by atoms with Gasteiger partial charge in [0.2, 0.25) is 11.8 Å². The van der Waals surface area contributed by atoms with Crippen LogP contribution in [-0.2, 0) is 20.7 Å². The van der Waals surface area contributed by atoms with Crippen LogP contribution in [0.2, 0.25) is 0 Å². The number of ether oxygens (including phenoxy) is 1. The Morgan fingerprint density at radius 1 is 1.10 bits per heavy atom. The van der Waals surface area contributed by atoms with E-state index in [2.05, 4.69) is 10.6 Å². The number of benzene rings is 1. The van der Waals surface area contributed by atoms with Crippen LogP contribution in [0.5, 0.6) is 0 Å². The first-order valence-corrected chi connectivity index (χ1v) is 10.4. The van der Waals surface area contributed by atoms with E-state index in [0.29, 0.717) is 25.6 Å². The van der Waals surface area contributed by atoms with Crippen molar-refractivity contribution in [1.29, 1.82) is 0 Å². The molecule has 166 valence electrons. The molecule has 1 aliphatic heterocycles. The number of alkyl carbamates (subject to hydrolysis) is 1. The summed E-state index contributed by atoms with van der Waals surface area (Å²) in [6, 6.07) is 5.91. The van der Waals surface area contributed by atoms with Crippen molar-refractivity contribution in [3.8, 4) is 0 Å². The van der Waals surface area contributed by atoms with Crippen molar-refractivity contribution in [2.45, 2.75) is 52.1 Å². The van der Waals surface area contributed by atoms with E-state index in [9.17, 15) is 18.8 Å². The summed E-state index contributed by atoms with van der Waals surface area (Å²) in [6.07, 6.45) is 1.58. The lowest BCUT2D eigenvalue weighted by Gasteiger charge is -2.32. The maximum atomic E-state index is 12.9. The molecule has 1 heterocycles. The fourth-order valence-electron chi connectivity index (χ4n) is 3.24. The molecule has 0 aliphatic carbocycles. The van der Waals surface area contributed by atoms with E-state index in [1.54, 1.807) is 37.8 Å². The lowest BCUT2D eigenvalue weighted by Crippen LogP contribution is -2.43. The van der Waals surface area contributed by atoms with Crippen molar-refractivity contribution in [2.24, 2.45) is 5.92 Å². The van der Waals surface area contributed by atoms with Crippen molar-refractivity contribution < 1.29 is 23.5 Å². The van der Waals surface area contributed by atoms with Gasteiger partial charge in [-0.25, -0.2) is 9.18 Å². The molecule has 0 atom stereocenters. The van der Waals surface area contributed by atoms with E-state index < -0.39 is 11.7 Å². The summed E-state index contributed by atoms with van der Waals surface area (Å²) in [5.41, 5.74) is 0.207. The third-order valence-corrected chi connectivity index (χ3v) is 4.84. The normalized spacial score (nSPS) is 14.9. The molecule has 0 bridgehead atoms. The van der Waals surface area contributed by atoms with Gasteiger partial charge in [0, 0.05) is 32.6 Å². The van der Waals surface area contributed by atoms with Crippen molar-refractivity contribution in [3.05, 3.63) is 35.6 Å². The Bertz CT molecular complexity index is 723. The number of nitrogens with zero attached hydrogens (tertiary/aromatic N) is 1. The predicted molar refractivity (Wildman–Crippen MR) is 111 cm³/mol. The van der Waals surface area contributed by atoms with Gasteiger partial charge in [0.15, 0.2) is 0 Å². The minimum Gasteiger partial charge on any atom is -0.444 e. The topological polar surface area (TPSA) is 87.7 Å². The summed E-state index contributed by atoms with van der Waals surface area (Å²) in [6.45, 7) is 7.45. The maximum absolute atomic E-state index is 12.9. The van der Waals surface area contributed by atoms with Gasteiger partial charge in [-0.3, -0.25) is 9.59 Å². The van der Waals surface area contributed by atoms with Crippen LogP contribution < -0.4 is 10.6 Å². The van der Waals surface area contributed by atoms with Gasteiger partial charge < -0.3 is 20.3 Å². The Labute approximate surface area is 177 Å². The van der Waals surface area contributed by atoms with E-state index in [4.69, 9.17) is 4.74 Å². The predicted octanol–water partition coefficient (Wildman–Crippen LogP) is 2.64. The lowest BCUT2D eigenvalue weighted by atomic mass is 9.96. The molecule has 1 aromatic rings. The monoisotopic (exact) mass is 421 g/mol. The van der Waals surface area contributed by atoms with Gasteiger partial charge in [0.1, 0.15) is 11.4 Å². The first-order chi connectivity index (χ1) is 14.1. The highest BCUT2D eigenvalue weighted by molar-refractivity contribution is 5.78. The van der Waals surface area contributed by atoms with Crippen molar-refractivity contribution in [2.75, 3.05) is 26.2 Å². The standard InChI is InChI=1S/C22H32FN3O4/c1-22(2,3)30-21(29)24-11-8-20(28)26-12-9-17(10-13-26)15-25-19(27)14-16-4-6-18(23)7-5-16/h4-7,17H,8-15H2,1-3H3,(H,24,29)(H,25,27). The highest BCUT2D eigenvalue weighted by Gasteiger charge is 2.23. The molecule has 1 fully saturated rings. The third kappa shape index (κ3) is 8.80. The molecule has 0 saturated carbocycles. The zero-order valence-corrected chi connectivity index (χ0v) is 18.0. The second kappa shape index (κ2) is 10.9. The molecule has 3 amide bonds. The Kier molecular flexibility index (Phi) is 8.62. The largest absolute Gasteiger partial charge is 0.444 e. The molecule has 0 radical (unpaired) electrons. The van der Waals surface area contributed by atoms with Crippen LogP contribution in [0.25, 0.3) is 0 Å². The lowest BCUT2D eigenvalue weighted by molar-refractivity contribution is -0.132. The molecule has 7 nitrogen and oxygen atoms in total. The first-order valence-electron chi connectivity index (χ1n) is 10.4. The molecule has 8 heteroatoms. The van der Waals surface area contributed by atoms with Crippen molar-refractivity contribution in [1.82, 2.24) is 15.5 Å². The molecular formula is C22H32FN3O4. The van der Waals surface area contributed by atoms with Crippen LogP contribution in [0.3, 0.4) is 0 Å². The SMILES string of the molecule is CC(C)(C)OC(=O)NCCC(=O)N1CCC(CNC(=O)Cc2ccc(F)cc2)CC1. The fraction of sp³-hybridized carbons (Fsp3) is 0.591. The average molecular weight is 422 g/mol. The molecule has 0 unspecified atom stereocenters. The van der Waals surface area contributed by atoms with Crippen LogP contribution in [0.15, 0.2) is 24.3 Å². The van der Waals surface area contributed by atoms with Crippen LogP contribution in [0.1, 0.15) is 45.6 Å². The number of carbonyl (C=O) groups is 3. The van der Waals surface area contributed by atoms with Crippen molar-refractivity contribution >= 4 is 17.9 Å². The highest BCUT2D eigenvalue weighted by Crippen LogP contribution is 2.17. The van der Waals surface area contributed by atoms with Gasteiger partial charge in [0.05, 0.1) is 6.42 Å². The quantitative estimate of drug-likeness (QED) is 0.709. The molecule has 0 aromatic heterocycles. The van der Waals surface area contributed by atoms with Crippen LogP contribution in [0, 0.1) is 11.7 Å². The molecule has 2 N–H and O–H groups in total. The second-order valence-electron chi connectivity index (χ2n) is 8.61. The number of likely N-dealkylation sites (tertiary alicyclic amines) is 1. The average Bonchev–Trinajstić information content (AvgIpc) is 2.67. The number of halogens is 1. The van der Waals surface area contributed by atoms with Gasteiger partial charge in [-0.1, -0.05) is 12.1 Å². The van der Waals surface area contributed by atoms with E-state index in [0.717, 1.165) is 18.4 Å². The summed E-state index contributed by atoms with van der Waals surface area (Å²) in [4.78, 5) is 37.8. The minimum atomic E-state index is -0.565. The van der Waals surface area contributed by atoms with Gasteiger partial charge in [-0.2, -0.15) is 0 Å². The fourth-order valence-corrected chi connectivity index (χ4v) is 3.24. The second-order valence-corrected chi connectivity index (χ2v) is 8.61. The minimum absolute atomic E-state index is 0.00449. The molecule has 2 rings (SSSR count). The summed E-state index contributed by atoms with van der Waals surface area (Å²) in [5.74, 6) is -0.0784. The molecule has 1 aromatic carbocycles. The number of hydrogen-bond donors (Lipinski definition) is 2. The van der Waals surface area contributed by atoms with Gasteiger partial charge in [-0.15, -0.1) is 0 Å². The van der Waals surface area contributed by atoms with E-state index in [1.165, 1.54) is 12.1 Å². The molecule has 1 saturated heterocycles. The number of nitrogens with one attached hydrogen (secondary N) is 2. The Hall–Kier alpha value is -2.64. The summed E-state index contributed by atoms with van der Waals surface area (Å²) >= 11 is 0. The zero-order valence-electron chi connectivity index (χ0n) is 18.0. The van der Waals surface area contributed by atoms with Crippen LogP contribution in [-0.4, -0.2) is 54.6 Å². The van der Waals surface area contributed by atoms with Crippen molar-refractivity contribution in [3.63, 3.8) is 0 Å². The third-order valence-electron chi connectivity index (χ3n) is 4.84. The summed E-state index contributed by atoms with van der Waals surface area (Å²) < 4.78 is 18.1. The molecular weight excluding hydrogens is 389 g/mol. The summed E-state index contributed by atoms with van der Waals surface area (Å²) in [5, 5.41) is 5.52. The van der Waals surface area contributed by atoms with E-state index in [1.807, 2.05) is 0 Å². The number of piperidine rings is 1. The Morgan fingerprint density at radius 2 is 1.73 bits per heavy atom. The van der Waals surface area contributed by atoms with Gasteiger partial charge in [0.25, 0.3) is 0 Å². The summed E-state index contributed by atoms with van der Waals surface area (Å²) in [7, 11) is 0. The number of amides is 3. The Balaban J connectivity index is 1.61. The molecule has 0 spiro atoms. The van der Waals surface area contributed by atoms with Gasteiger partial charge >= 0.3 is 6.09 Å². The molecule has 30 heavy (non-hydrogen) atoms. The van der Waals surface area contributed by atoms with E-state index in [-0.39, 0.29) is 37.0 Å². The highest BCUT2D eigenvalue weighted by atomic mass is 19.1. The number of hydrogen-bond acceptors (Lipinski definition) is 4. The number of carbonyl (C=O) groups excluding carboxylic acids is 3. The first kappa shape index (κ1) is 23.6. The Morgan fingerprint density at radius 3 is 2.33 bits per heavy atom. The van der Waals surface area contributed by atoms with Gasteiger partial charge in [-0.05, 0) is 57.2 Å². The molecule has 1 aliphatic rings.